The van der Waals surface area contributed by atoms with Gasteiger partial charge in [-0.1, -0.05) is 6.92 Å². The van der Waals surface area contributed by atoms with Crippen LogP contribution in [-0.2, 0) is 22.1 Å². The molecular weight excluding hydrogens is 234 g/mol. The van der Waals surface area contributed by atoms with Crippen molar-refractivity contribution in [1.82, 2.24) is 0 Å². The van der Waals surface area contributed by atoms with Gasteiger partial charge in [-0.05, 0) is 30.2 Å². The first kappa shape index (κ1) is 12.6. The topological polar surface area (TPSA) is 29.5 Å². The number of hydrogen-bond donors (Lipinski definition) is 0. The second-order valence-corrected chi connectivity index (χ2v) is 6.00. The van der Waals surface area contributed by atoms with E-state index in [-0.39, 0.29) is 6.10 Å². The van der Waals surface area contributed by atoms with Gasteiger partial charge in [0, 0.05) is 24.7 Å². The first-order valence-corrected chi connectivity index (χ1v) is 7.24. The largest absolute Gasteiger partial charge is 0.378 e. The second kappa shape index (κ2) is 5.19. The Bertz CT molecular complexity index is 431. The standard InChI is InChI=1S/C13H19NO2S/c1-4-12-9-17(15)13-6-5-11(14(2)3)7-10(13)8-16-12/h5-7,12H,4,8-9H2,1-3H3. The van der Waals surface area contributed by atoms with Gasteiger partial charge in [-0.15, -0.1) is 0 Å². The van der Waals surface area contributed by atoms with E-state index in [4.69, 9.17) is 4.74 Å². The number of nitrogens with zero attached hydrogens (tertiary/aromatic N) is 1. The molecule has 0 amide bonds. The predicted molar refractivity (Wildman–Crippen MR) is 70.9 cm³/mol. The van der Waals surface area contributed by atoms with Crippen molar-refractivity contribution in [2.45, 2.75) is 31.0 Å². The van der Waals surface area contributed by atoms with Gasteiger partial charge in [0.2, 0.25) is 0 Å². The lowest BCUT2D eigenvalue weighted by atomic mass is 10.2. The van der Waals surface area contributed by atoms with Gasteiger partial charge < -0.3 is 9.64 Å². The maximum absolute atomic E-state index is 12.2. The molecule has 1 aliphatic heterocycles. The highest BCUT2D eigenvalue weighted by Gasteiger charge is 2.21. The molecule has 0 fully saturated rings. The molecule has 1 aromatic rings. The van der Waals surface area contributed by atoms with Crippen molar-refractivity contribution in [2.75, 3.05) is 24.7 Å². The Labute approximate surface area is 105 Å². The normalized spacial score (nSPS) is 23.9. The number of fused-ring (bicyclic) bond motifs is 1. The summed E-state index contributed by atoms with van der Waals surface area (Å²) < 4.78 is 17.9. The lowest BCUT2D eigenvalue weighted by molar-refractivity contribution is 0.0545. The van der Waals surface area contributed by atoms with E-state index in [1.54, 1.807) is 0 Å². The Hall–Kier alpha value is -0.870. The van der Waals surface area contributed by atoms with Crippen molar-refractivity contribution < 1.29 is 8.95 Å². The first-order valence-electron chi connectivity index (χ1n) is 5.92. The highest BCUT2D eigenvalue weighted by molar-refractivity contribution is 7.85. The molecule has 1 aromatic carbocycles. The minimum atomic E-state index is -0.927. The van der Waals surface area contributed by atoms with E-state index >= 15 is 0 Å². The summed E-state index contributed by atoms with van der Waals surface area (Å²) in [6, 6.07) is 6.07. The van der Waals surface area contributed by atoms with Crippen LogP contribution in [0.1, 0.15) is 18.9 Å². The highest BCUT2D eigenvalue weighted by Crippen LogP contribution is 2.25. The van der Waals surface area contributed by atoms with Crippen LogP contribution < -0.4 is 4.90 Å². The zero-order valence-corrected chi connectivity index (χ0v) is 11.4. The zero-order valence-electron chi connectivity index (χ0n) is 10.6. The molecular formula is C13H19NO2S. The second-order valence-electron chi connectivity index (χ2n) is 4.54. The van der Waals surface area contributed by atoms with E-state index in [0.29, 0.717) is 12.4 Å². The fourth-order valence-electron chi connectivity index (χ4n) is 1.93. The number of rotatable bonds is 2. The number of hydrogen-bond acceptors (Lipinski definition) is 3. The smallest absolute Gasteiger partial charge is 0.0733 e. The van der Waals surface area contributed by atoms with E-state index in [1.165, 1.54) is 0 Å². The highest BCUT2D eigenvalue weighted by atomic mass is 32.2. The van der Waals surface area contributed by atoms with E-state index < -0.39 is 10.8 Å². The van der Waals surface area contributed by atoms with Crippen LogP contribution in [0.2, 0.25) is 0 Å². The average molecular weight is 253 g/mol. The molecule has 0 aromatic heterocycles. The molecule has 3 nitrogen and oxygen atoms in total. The molecule has 17 heavy (non-hydrogen) atoms. The van der Waals surface area contributed by atoms with Gasteiger partial charge in [0.15, 0.2) is 0 Å². The molecule has 94 valence electrons. The van der Waals surface area contributed by atoms with Gasteiger partial charge in [0.05, 0.1) is 29.3 Å². The minimum absolute atomic E-state index is 0.117. The molecule has 4 heteroatoms. The van der Waals surface area contributed by atoms with E-state index in [1.807, 2.05) is 31.1 Å². The van der Waals surface area contributed by atoms with Crippen LogP contribution in [-0.4, -0.2) is 30.2 Å². The number of anilines is 1. The van der Waals surface area contributed by atoms with Crippen molar-refractivity contribution in [2.24, 2.45) is 0 Å². The van der Waals surface area contributed by atoms with Crippen molar-refractivity contribution in [3.63, 3.8) is 0 Å². The summed E-state index contributed by atoms with van der Waals surface area (Å²) in [5.74, 6) is 0.616. The monoisotopic (exact) mass is 253 g/mol. The van der Waals surface area contributed by atoms with Crippen molar-refractivity contribution in [1.29, 1.82) is 0 Å². The minimum Gasteiger partial charge on any atom is -0.378 e. The fourth-order valence-corrected chi connectivity index (χ4v) is 3.41. The van der Waals surface area contributed by atoms with Gasteiger partial charge in [-0.3, -0.25) is 4.21 Å². The van der Waals surface area contributed by atoms with Gasteiger partial charge in [0.25, 0.3) is 0 Å². The molecule has 2 rings (SSSR count). The molecule has 0 saturated carbocycles. The molecule has 0 spiro atoms. The maximum Gasteiger partial charge on any atom is 0.0733 e. The van der Waals surface area contributed by atoms with E-state index in [2.05, 4.69) is 13.0 Å². The van der Waals surface area contributed by atoms with E-state index in [9.17, 15) is 4.21 Å². The van der Waals surface area contributed by atoms with Gasteiger partial charge >= 0.3 is 0 Å². The van der Waals surface area contributed by atoms with Crippen LogP contribution >= 0.6 is 0 Å². The molecule has 0 bridgehead atoms. The van der Waals surface area contributed by atoms with Crippen molar-refractivity contribution in [3.05, 3.63) is 23.8 Å². The molecule has 0 radical (unpaired) electrons. The summed E-state index contributed by atoms with van der Waals surface area (Å²) in [6.45, 7) is 2.64. The lowest BCUT2D eigenvalue weighted by Gasteiger charge is -2.14. The third kappa shape index (κ3) is 2.69. The molecule has 1 heterocycles. The fraction of sp³-hybridized carbons (Fsp3) is 0.538. The van der Waals surface area contributed by atoms with Crippen LogP contribution in [0.3, 0.4) is 0 Å². The molecule has 0 N–H and O–H groups in total. The molecule has 2 atom stereocenters. The van der Waals surface area contributed by atoms with Crippen molar-refractivity contribution in [3.8, 4) is 0 Å². The van der Waals surface area contributed by atoms with Gasteiger partial charge in [-0.2, -0.15) is 0 Å². The Morgan fingerprint density at radius 1 is 1.47 bits per heavy atom. The maximum atomic E-state index is 12.2. The number of benzene rings is 1. The quantitative estimate of drug-likeness (QED) is 0.809. The number of ether oxygens (including phenoxy) is 1. The molecule has 1 aliphatic rings. The SMILES string of the molecule is CCC1CS(=O)c2ccc(N(C)C)cc2CO1. The zero-order chi connectivity index (χ0) is 12.4. The van der Waals surface area contributed by atoms with Crippen LogP contribution in [0.4, 0.5) is 5.69 Å². The lowest BCUT2D eigenvalue weighted by Crippen LogP contribution is -2.16. The Kier molecular flexibility index (Phi) is 3.84. The molecule has 0 saturated heterocycles. The third-order valence-electron chi connectivity index (χ3n) is 3.07. The van der Waals surface area contributed by atoms with E-state index in [0.717, 1.165) is 22.6 Å². The summed E-state index contributed by atoms with van der Waals surface area (Å²) in [4.78, 5) is 2.98. The van der Waals surface area contributed by atoms with Crippen LogP contribution in [0, 0.1) is 0 Å². The van der Waals surface area contributed by atoms with Gasteiger partial charge in [0.1, 0.15) is 0 Å². The summed E-state index contributed by atoms with van der Waals surface area (Å²) in [5, 5.41) is 0. The third-order valence-corrected chi connectivity index (χ3v) is 4.64. The summed E-state index contributed by atoms with van der Waals surface area (Å²) in [7, 11) is 3.08. The summed E-state index contributed by atoms with van der Waals surface area (Å²) in [6.07, 6.45) is 1.03. The molecule has 2 unspecified atom stereocenters. The first-order chi connectivity index (χ1) is 8.11. The van der Waals surface area contributed by atoms with Crippen LogP contribution in [0.15, 0.2) is 23.1 Å². The Balaban J connectivity index is 2.34. The van der Waals surface area contributed by atoms with Crippen LogP contribution in [0.5, 0.6) is 0 Å². The average Bonchev–Trinajstić information content (AvgIpc) is 2.48. The Morgan fingerprint density at radius 2 is 2.24 bits per heavy atom. The Morgan fingerprint density at radius 3 is 2.88 bits per heavy atom. The molecule has 0 aliphatic carbocycles. The van der Waals surface area contributed by atoms with Gasteiger partial charge in [-0.25, -0.2) is 0 Å². The predicted octanol–water partition coefficient (Wildman–Crippen LogP) is 2.17. The summed E-state index contributed by atoms with van der Waals surface area (Å²) >= 11 is 0. The summed E-state index contributed by atoms with van der Waals surface area (Å²) in [5.41, 5.74) is 2.18. The van der Waals surface area contributed by atoms with Crippen molar-refractivity contribution >= 4 is 16.5 Å². The van der Waals surface area contributed by atoms with Crippen LogP contribution in [0.25, 0.3) is 0 Å².